The van der Waals surface area contributed by atoms with E-state index in [0.717, 1.165) is 54.9 Å². The summed E-state index contributed by atoms with van der Waals surface area (Å²) in [7, 11) is 0. The van der Waals surface area contributed by atoms with Crippen molar-refractivity contribution in [2.45, 2.75) is 31.6 Å². The van der Waals surface area contributed by atoms with Crippen LogP contribution in [0, 0.1) is 0 Å². The van der Waals surface area contributed by atoms with Crippen molar-refractivity contribution in [2.75, 3.05) is 18.4 Å². The highest BCUT2D eigenvalue weighted by Gasteiger charge is 2.33. The number of hydrogen-bond acceptors (Lipinski definition) is 5. The van der Waals surface area contributed by atoms with Gasteiger partial charge in [0.25, 0.3) is 0 Å². The molecule has 1 aliphatic heterocycles. The summed E-state index contributed by atoms with van der Waals surface area (Å²) >= 11 is 3.41. The first kappa shape index (κ1) is 18.1. The molecule has 1 aliphatic rings. The number of anilines is 1. The summed E-state index contributed by atoms with van der Waals surface area (Å²) in [5.74, 6) is 0.207. The Morgan fingerprint density at radius 1 is 1.24 bits per heavy atom. The minimum absolute atomic E-state index is 0.0462. The molecule has 0 amide bonds. The van der Waals surface area contributed by atoms with Gasteiger partial charge in [-0.05, 0) is 46.9 Å². The molecule has 0 radical (unpaired) electrons. The lowest BCUT2D eigenvalue weighted by molar-refractivity contribution is -0.141. The number of aromatic nitrogens is 3. The van der Waals surface area contributed by atoms with E-state index in [0.29, 0.717) is 0 Å². The molecular formula is C16H17BrF3N5. The molecule has 1 saturated heterocycles. The van der Waals surface area contributed by atoms with Gasteiger partial charge < -0.3 is 5.32 Å². The maximum absolute atomic E-state index is 12.7. The van der Waals surface area contributed by atoms with Gasteiger partial charge in [0.05, 0.1) is 0 Å². The largest absolute Gasteiger partial charge is 0.433 e. The quantitative estimate of drug-likeness (QED) is 0.824. The standard InChI is InChI=1S/C16H17BrF3N5/c17-12-4-11(6-21-7-12)8-25-3-1-2-13(9-25)24-15-5-14(16(18,19)20)22-10-23-15/h4-7,10,13H,1-3,8-9H2,(H,22,23,24). The van der Waals surface area contributed by atoms with Gasteiger partial charge in [0.15, 0.2) is 0 Å². The van der Waals surface area contributed by atoms with Crippen LogP contribution in [0.3, 0.4) is 0 Å². The number of alkyl halides is 3. The first-order valence-corrected chi connectivity index (χ1v) is 8.67. The molecule has 0 spiro atoms. The summed E-state index contributed by atoms with van der Waals surface area (Å²) in [6.07, 6.45) is 1.89. The third-order valence-corrected chi connectivity index (χ3v) is 4.42. The van der Waals surface area contributed by atoms with E-state index in [1.54, 1.807) is 6.20 Å². The molecule has 1 fully saturated rings. The number of hydrogen-bond donors (Lipinski definition) is 1. The second-order valence-electron chi connectivity index (χ2n) is 6.02. The van der Waals surface area contributed by atoms with E-state index in [2.05, 4.69) is 41.1 Å². The zero-order valence-corrected chi connectivity index (χ0v) is 14.9. The van der Waals surface area contributed by atoms with Gasteiger partial charge in [0.2, 0.25) is 0 Å². The smallest absolute Gasteiger partial charge is 0.366 e. The Morgan fingerprint density at radius 2 is 2.08 bits per heavy atom. The van der Waals surface area contributed by atoms with Crippen LogP contribution in [0.1, 0.15) is 24.1 Å². The number of piperidine rings is 1. The minimum Gasteiger partial charge on any atom is -0.366 e. The van der Waals surface area contributed by atoms with E-state index in [9.17, 15) is 13.2 Å². The molecule has 5 nitrogen and oxygen atoms in total. The Labute approximate surface area is 151 Å². The molecule has 0 aliphatic carbocycles. The zero-order valence-electron chi connectivity index (χ0n) is 13.3. The van der Waals surface area contributed by atoms with Crippen LogP contribution < -0.4 is 5.32 Å². The second-order valence-corrected chi connectivity index (χ2v) is 6.93. The van der Waals surface area contributed by atoms with Gasteiger partial charge >= 0.3 is 6.18 Å². The van der Waals surface area contributed by atoms with Crippen molar-refractivity contribution in [1.29, 1.82) is 0 Å². The third-order valence-electron chi connectivity index (χ3n) is 3.98. The Kier molecular flexibility index (Phi) is 5.53. The fourth-order valence-corrected chi connectivity index (χ4v) is 3.33. The summed E-state index contributed by atoms with van der Waals surface area (Å²) < 4.78 is 39.2. The van der Waals surface area contributed by atoms with Crippen molar-refractivity contribution in [3.8, 4) is 0 Å². The molecule has 2 aromatic heterocycles. The Balaban J connectivity index is 1.62. The minimum atomic E-state index is -4.47. The number of rotatable bonds is 4. The van der Waals surface area contributed by atoms with Gasteiger partial charge in [-0.3, -0.25) is 9.88 Å². The SMILES string of the molecule is FC(F)(F)c1cc(NC2CCCN(Cc3cncc(Br)c3)C2)ncn1. The van der Waals surface area contributed by atoms with Crippen LogP contribution in [-0.4, -0.2) is 39.0 Å². The predicted octanol–water partition coefficient (Wildman–Crippen LogP) is 3.73. The van der Waals surface area contributed by atoms with Gasteiger partial charge in [-0.2, -0.15) is 13.2 Å². The van der Waals surface area contributed by atoms with Gasteiger partial charge in [0.1, 0.15) is 17.8 Å². The summed E-state index contributed by atoms with van der Waals surface area (Å²) in [6, 6.07) is 3.02. The lowest BCUT2D eigenvalue weighted by atomic mass is 10.0. The Bertz CT molecular complexity index is 725. The van der Waals surface area contributed by atoms with E-state index < -0.39 is 11.9 Å². The lowest BCUT2D eigenvalue weighted by Crippen LogP contribution is -2.41. The van der Waals surface area contributed by atoms with Crippen LogP contribution in [0.4, 0.5) is 19.0 Å². The maximum atomic E-state index is 12.7. The number of nitrogens with one attached hydrogen (secondary N) is 1. The maximum Gasteiger partial charge on any atom is 0.433 e. The van der Waals surface area contributed by atoms with Crippen LogP contribution in [0.15, 0.2) is 35.3 Å². The van der Waals surface area contributed by atoms with E-state index >= 15 is 0 Å². The Morgan fingerprint density at radius 3 is 2.84 bits per heavy atom. The monoisotopic (exact) mass is 415 g/mol. The molecule has 25 heavy (non-hydrogen) atoms. The topological polar surface area (TPSA) is 53.9 Å². The van der Waals surface area contributed by atoms with Crippen LogP contribution in [-0.2, 0) is 12.7 Å². The fraction of sp³-hybridized carbons (Fsp3) is 0.438. The van der Waals surface area contributed by atoms with Crippen LogP contribution in [0.2, 0.25) is 0 Å². The van der Waals surface area contributed by atoms with Crippen molar-refractivity contribution in [1.82, 2.24) is 19.9 Å². The lowest BCUT2D eigenvalue weighted by Gasteiger charge is -2.33. The summed E-state index contributed by atoms with van der Waals surface area (Å²) in [6.45, 7) is 2.43. The summed E-state index contributed by atoms with van der Waals surface area (Å²) in [5.41, 5.74) is 0.161. The molecule has 0 saturated carbocycles. The van der Waals surface area contributed by atoms with Crippen LogP contribution >= 0.6 is 15.9 Å². The molecule has 1 atom stereocenters. The highest BCUT2D eigenvalue weighted by Crippen LogP contribution is 2.28. The molecule has 2 aromatic rings. The molecule has 3 rings (SSSR count). The van der Waals surface area contributed by atoms with Crippen molar-refractivity contribution in [3.05, 3.63) is 46.6 Å². The van der Waals surface area contributed by atoms with Gasteiger partial charge in [-0.1, -0.05) is 0 Å². The van der Waals surface area contributed by atoms with Gasteiger partial charge in [0, 0.05) is 42.1 Å². The first-order valence-electron chi connectivity index (χ1n) is 7.88. The highest BCUT2D eigenvalue weighted by atomic mass is 79.9. The first-order chi connectivity index (χ1) is 11.9. The number of pyridine rings is 1. The van der Waals surface area contributed by atoms with Crippen molar-refractivity contribution < 1.29 is 13.2 Å². The van der Waals surface area contributed by atoms with Crippen molar-refractivity contribution in [2.24, 2.45) is 0 Å². The van der Waals surface area contributed by atoms with Crippen molar-refractivity contribution >= 4 is 21.7 Å². The molecular weight excluding hydrogens is 399 g/mol. The summed E-state index contributed by atoms with van der Waals surface area (Å²) in [4.78, 5) is 13.6. The normalized spacial score (nSPS) is 19.0. The van der Waals surface area contributed by atoms with Gasteiger partial charge in [-0.15, -0.1) is 0 Å². The molecule has 0 bridgehead atoms. The number of halogens is 4. The average Bonchev–Trinajstić information content (AvgIpc) is 2.55. The molecule has 0 aromatic carbocycles. The molecule has 3 heterocycles. The average molecular weight is 416 g/mol. The van der Waals surface area contributed by atoms with Crippen LogP contribution in [0.25, 0.3) is 0 Å². The molecule has 1 N–H and O–H groups in total. The summed E-state index contributed by atoms with van der Waals surface area (Å²) in [5, 5.41) is 3.10. The van der Waals surface area contributed by atoms with Gasteiger partial charge in [-0.25, -0.2) is 9.97 Å². The van der Waals surface area contributed by atoms with E-state index in [1.807, 2.05) is 12.3 Å². The van der Waals surface area contributed by atoms with E-state index in [1.165, 1.54) is 0 Å². The third kappa shape index (κ3) is 5.12. The number of nitrogens with zero attached hydrogens (tertiary/aromatic N) is 4. The number of likely N-dealkylation sites (tertiary alicyclic amines) is 1. The van der Waals surface area contributed by atoms with Crippen LogP contribution in [0.5, 0.6) is 0 Å². The molecule has 9 heteroatoms. The van der Waals surface area contributed by atoms with Crippen molar-refractivity contribution in [3.63, 3.8) is 0 Å². The van der Waals surface area contributed by atoms with E-state index in [4.69, 9.17) is 0 Å². The molecule has 134 valence electrons. The zero-order chi connectivity index (χ0) is 17.9. The van der Waals surface area contributed by atoms with E-state index in [-0.39, 0.29) is 11.9 Å². The second kappa shape index (κ2) is 7.65. The molecule has 1 unspecified atom stereocenters. The predicted molar refractivity (Wildman–Crippen MR) is 90.9 cm³/mol. The highest BCUT2D eigenvalue weighted by molar-refractivity contribution is 9.10. The fourth-order valence-electron chi connectivity index (χ4n) is 2.92. The Hall–Kier alpha value is -1.74.